The average molecular weight is 594 g/mol. The Morgan fingerprint density at radius 3 is 2.50 bits per heavy atom. The van der Waals surface area contributed by atoms with Crippen LogP contribution >= 0.6 is 23.1 Å². The Morgan fingerprint density at radius 2 is 1.76 bits per heavy atom. The summed E-state index contributed by atoms with van der Waals surface area (Å²) in [5.74, 6) is -0.193. The second-order valence-corrected chi connectivity index (χ2v) is 14.0. The van der Waals surface area contributed by atoms with Crippen molar-refractivity contribution in [1.29, 1.82) is 0 Å². The van der Waals surface area contributed by atoms with E-state index in [9.17, 15) is 25.9 Å². The highest BCUT2D eigenvalue weighted by Crippen LogP contribution is 2.48. The van der Waals surface area contributed by atoms with Gasteiger partial charge in [-0.3, -0.25) is 9.11 Å². The molecule has 0 saturated heterocycles. The van der Waals surface area contributed by atoms with Crippen molar-refractivity contribution in [2.75, 3.05) is 30.1 Å². The Labute approximate surface area is 228 Å². The molecule has 0 bridgehead atoms. The maximum atomic E-state index is 11.6. The van der Waals surface area contributed by atoms with Crippen LogP contribution < -0.4 is 14.2 Å². The van der Waals surface area contributed by atoms with Crippen molar-refractivity contribution < 1.29 is 35.2 Å². The molecule has 4 aromatic rings. The van der Waals surface area contributed by atoms with Crippen molar-refractivity contribution in [2.45, 2.75) is 17.9 Å². The van der Waals surface area contributed by atoms with E-state index in [0.29, 0.717) is 12.3 Å². The number of anilines is 1. The Kier molecular flexibility index (Phi) is 7.42. The van der Waals surface area contributed by atoms with Gasteiger partial charge in [-0.1, -0.05) is 47.4 Å². The Hall–Kier alpha value is -2.68. The van der Waals surface area contributed by atoms with E-state index >= 15 is 0 Å². The van der Waals surface area contributed by atoms with Gasteiger partial charge in [0.05, 0.1) is 40.8 Å². The summed E-state index contributed by atoms with van der Waals surface area (Å²) in [5, 5.41) is 3.67. The minimum atomic E-state index is -4.20. The SMILES string of the molecule is COc1ccc2c(c1)N(CCS(=O)(=O)O)C(=Cc1sc3ccc4ccccc4c3[n+]1CCCS(=O)(=O)O)S2. The number of rotatable bonds is 9. The number of hydrogen-bond acceptors (Lipinski definition) is 8. The fraction of sp³-hybridized carbons (Fsp3) is 0.240. The van der Waals surface area contributed by atoms with Gasteiger partial charge in [0.15, 0.2) is 6.54 Å². The minimum Gasteiger partial charge on any atom is -0.497 e. The van der Waals surface area contributed by atoms with Gasteiger partial charge in [-0.2, -0.15) is 21.4 Å². The molecule has 1 aromatic heterocycles. The normalized spacial score (nSPS) is 15.0. The lowest BCUT2D eigenvalue weighted by atomic mass is 10.1. The molecule has 0 fully saturated rings. The van der Waals surface area contributed by atoms with E-state index in [-0.39, 0.29) is 18.7 Å². The number of fused-ring (bicyclic) bond motifs is 4. The first-order chi connectivity index (χ1) is 18.0. The van der Waals surface area contributed by atoms with E-state index in [4.69, 9.17) is 4.74 Å². The maximum Gasteiger partial charge on any atom is 0.266 e. The molecule has 0 unspecified atom stereocenters. The summed E-state index contributed by atoms with van der Waals surface area (Å²) >= 11 is 3.01. The van der Waals surface area contributed by atoms with Crippen molar-refractivity contribution in [3.63, 3.8) is 0 Å². The number of aryl methyl sites for hydroxylation is 1. The number of nitrogens with zero attached hydrogens (tertiary/aromatic N) is 2. The molecule has 2 heterocycles. The Morgan fingerprint density at radius 1 is 1.00 bits per heavy atom. The van der Waals surface area contributed by atoms with Gasteiger partial charge in [0.25, 0.3) is 25.2 Å². The van der Waals surface area contributed by atoms with Crippen molar-refractivity contribution in [2.24, 2.45) is 0 Å². The van der Waals surface area contributed by atoms with Crippen LogP contribution in [0.15, 0.2) is 64.5 Å². The van der Waals surface area contributed by atoms with Crippen LogP contribution in [0.25, 0.3) is 27.1 Å². The topological polar surface area (TPSA) is 125 Å². The number of thiazole rings is 1. The first-order valence-electron chi connectivity index (χ1n) is 11.6. The largest absolute Gasteiger partial charge is 0.497 e. The molecule has 0 amide bonds. The molecule has 9 nitrogen and oxygen atoms in total. The predicted molar refractivity (Wildman–Crippen MR) is 151 cm³/mol. The van der Waals surface area contributed by atoms with E-state index in [1.54, 1.807) is 7.11 Å². The second kappa shape index (κ2) is 10.5. The highest BCUT2D eigenvalue weighted by molar-refractivity contribution is 8.04. The van der Waals surface area contributed by atoms with Crippen LogP contribution in [-0.2, 0) is 26.8 Å². The molecule has 13 heteroatoms. The molecule has 0 atom stereocenters. The average Bonchev–Trinajstić information content (AvgIpc) is 3.38. The van der Waals surface area contributed by atoms with Gasteiger partial charge in [0.1, 0.15) is 10.4 Å². The maximum absolute atomic E-state index is 11.6. The number of thioether (sulfide) groups is 1. The van der Waals surface area contributed by atoms with E-state index < -0.39 is 26.0 Å². The van der Waals surface area contributed by atoms with Gasteiger partial charge >= 0.3 is 0 Å². The van der Waals surface area contributed by atoms with Crippen LogP contribution in [0.5, 0.6) is 5.75 Å². The van der Waals surface area contributed by atoms with Crippen LogP contribution in [0.2, 0.25) is 0 Å². The Balaban J connectivity index is 1.64. The van der Waals surface area contributed by atoms with Crippen LogP contribution in [0.4, 0.5) is 5.69 Å². The van der Waals surface area contributed by atoms with Crippen molar-refractivity contribution in [3.8, 4) is 5.75 Å². The molecule has 0 spiro atoms. The molecular weight excluding hydrogens is 569 g/mol. The molecule has 1 aliphatic heterocycles. The van der Waals surface area contributed by atoms with Gasteiger partial charge in [-0.25, -0.2) is 0 Å². The number of ether oxygens (including phenoxy) is 1. The summed E-state index contributed by atoms with van der Waals surface area (Å²) in [6.45, 7) is 0.387. The zero-order chi connectivity index (χ0) is 27.1. The van der Waals surface area contributed by atoms with E-state index in [1.807, 2.05) is 70.1 Å². The third-order valence-corrected chi connectivity index (χ3v) is 9.87. The smallest absolute Gasteiger partial charge is 0.266 e. The van der Waals surface area contributed by atoms with E-state index in [1.165, 1.54) is 23.1 Å². The standard InChI is InChI=1S/C25H24N2O7S4/c1-34-18-8-10-21-20(15-18)26(12-14-38(31,32)33)23(35-21)16-24-27(11-4-13-37(28,29)30)25-19-6-3-2-5-17(19)7-9-22(25)36-24/h2-3,5-10,15-16H,4,11-14H2,1H3,(H-,28,29,30,31,32,33)/p+1. The number of aromatic nitrogens is 1. The minimum absolute atomic E-state index is 0.0361. The summed E-state index contributed by atoms with van der Waals surface area (Å²) in [4.78, 5) is 2.75. The molecule has 3 aromatic carbocycles. The van der Waals surface area contributed by atoms with Crippen molar-refractivity contribution >= 4 is 76.1 Å². The predicted octanol–water partition coefficient (Wildman–Crippen LogP) is 4.43. The molecule has 0 aliphatic carbocycles. The molecule has 2 N–H and O–H groups in total. The first kappa shape index (κ1) is 26.9. The van der Waals surface area contributed by atoms with Gasteiger partial charge in [-0.05, 0) is 29.7 Å². The highest BCUT2D eigenvalue weighted by Gasteiger charge is 2.30. The van der Waals surface area contributed by atoms with Gasteiger partial charge in [0.2, 0.25) is 5.52 Å². The number of hydrogen-bond donors (Lipinski definition) is 2. The molecule has 0 radical (unpaired) electrons. The van der Waals surface area contributed by atoms with Gasteiger partial charge < -0.3 is 9.64 Å². The third kappa shape index (κ3) is 5.82. The molecular formula is C25H25N2O7S4+. The molecule has 38 heavy (non-hydrogen) atoms. The lowest BCUT2D eigenvalue weighted by Crippen LogP contribution is -2.36. The molecule has 0 saturated carbocycles. The van der Waals surface area contributed by atoms with E-state index in [0.717, 1.165) is 41.6 Å². The van der Waals surface area contributed by atoms with Crippen molar-refractivity contribution in [1.82, 2.24) is 0 Å². The summed E-state index contributed by atoms with van der Waals surface area (Å²) in [7, 11) is -6.75. The molecule has 1 aliphatic rings. The van der Waals surface area contributed by atoms with Crippen LogP contribution in [0, 0.1) is 0 Å². The highest BCUT2D eigenvalue weighted by atomic mass is 32.2. The summed E-state index contributed by atoms with van der Waals surface area (Å²) in [6.07, 6.45) is 2.17. The lowest BCUT2D eigenvalue weighted by molar-refractivity contribution is -0.667. The molecule has 200 valence electrons. The van der Waals surface area contributed by atoms with Gasteiger partial charge in [-0.15, -0.1) is 0 Å². The fourth-order valence-corrected chi connectivity index (χ4v) is 7.70. The van der Waals surface area contributed by atoms with E-state index in [2.05, 4.69) is 0 Å². The number of benzene rings is 3. The summed E-state index contributed by atoms with van der Waals surface area (Å²) in [5.41, 5.74) is 1.73. The summed E-state index contributed by atoms with van der Waals surface area (Å²) < 4.78 is 73.2. The zero-order valence-corrected chi connectivity index (χ0v) is 23.5. The fourth-order valence-electron chi connectivity index (χ4n) is 4.47. The first-order valence-corrected chi connectivity index (χ1v) is 16.5. The third-order valence-electron chi connectivity index (χ3n) is 6.16. The van der Waals surface area contributed by atoms with Crippen molar-refractivity contribution in [3.05, 3.63) is 64.6 Å². The Bertz CT molecular complexity index is 1780. The van der Waals surface area contributed by atoms with Crippen LogP contribution in [0.1, 0.15) is 11.4 Å². The monoisotopic (exact) mass is 593 g/mol. The quantitative estimate of drug-likeness (QED) is 0.214. The van der Waals surface area contributed by atoms with Crippen LogP contribution in [0.3, 0.4) is 0 Å². The van der Waals surface area contributed by atoms with Crippen LogP contribution in [-0.4, -0.2) is 51.1 Å². The zero-order valence-electron chi connectivity index (χ0n) is 20.3. The summed E-state index contributed by atoms with van der Waals surface area (Å²) in [6, 6.07) is 17.6. The lowest BCUT2D eigenvalue weighted by Gasteiger charge is -2.19. The molecule has 5 rings (SSSR count). The number of methoxy groups -OCH3 is 1. The van der Waals surface area contributed by atoms with Gasteiger partial charge in [0, 0.05) is 23.9 Å². The second-order valence-electron chi connectivity index (χ2n) is 8.72.